The fraction of sp³-hybridized carbons (Fsp3) is 0.455. The normalized spacial score (nSPS) is 23.0. The molecule has 0 spiro atoms. The van der Waals surface area contributed by atoms with Crippen LogP contribution in [-0.4, -0.2) is 5.11 Å². The summed E-state index contributed by atoms with van der Waals surface area (Å²) in [6, 6.07) is 2.04. The van der Waals surface area contributed by atoms with Gasteiger partial charge in [0.2, 0.25) is 0 Å². The topological polar surface area (TPSA) is 20.2 Å². The Morgan fingerprint density at radius 3 is 2.75 bits per heavy atom. The molecule has 0 amide bonds. The average Bonchev–Trinajstić information content (AvgIpc) is 2.72. The number of allylic oxidation sites excluding steroid dienone is 3. The van der Waals surface area contributed by atoms with Crippen LogP contribution in [0, 0.1) is 11.8 Å². The number of hydrogen-bond acceptors (Lipinski definition) is 1. The summed E-state index contributed by atoms with van der Waals surface area (Å²) >= 11 is 3.46. The van der Waals surface area contributed by atoms with Crippen LogP contribution in [0.2, 0.25) is 0 Å². The Kier molecular flexibility index (Phi) is 6.91. The third kappa shape index (κ3) is 4.63. The van der Waals surface area contributed by atoms with Crippen molar-refractivity contribution in [1.29, 1.82) is 0 Å². The summed E-state index contributed by atoms with van der Waals surface area (Å²) in [5.74, 6) is 1.67. The molecule has 24 heavy (non-hydrogen) atoms. The highest BCUT2D eigenvalue weighted by atomic mass is 79.9. The van der Waals surface area contributed by atoms with Crippen LogP contribution in [0.15, 0.2) is 34.8 Å². The zero-order chi connectivity index (χ0) is 17.7. The third-order valence-corrected chi connectivity index (χ3v) is 5.85. The average molecular weight is 389 g/mol. The van der Waals surface area contributed by atoms with Crippen molar-refractivity contribution >= 4 is 28.6 Å². The highest BCUT2D eigenvalue weighted by molar-refractivity contribution is 9.10. The fourth-order valence-corrected chi connectivity index (χ4v) is 4.04. The van der Waals surface area contributed by atoms with Crippen molar-refractivity contribution in [2.24, 2.45) is 11.8 Å². The minimum atomic E-state index is 0.238. The molecule has 1 aliphatic carbocycles. The first-order chi connectivity index (χ1) is 11.4. The highest BCUT2D eigenvalue weighted by Gasteiger charge is 2.19. The first-order valence-electron chi connectivity index (χ1n) is 8.94. The van der Waals surface area contributed by atoms with E-state index in [4.69, 9.17) is 0 Å². The van der Waals surface area contributed by atoms with Crippen LogP contribution in [0.25, 0.3) is 12.7 Å². The Balaban J connectivity index is 2.26. The van der Waals surface area contributed by atoms with Crippen molar-refractivity contribution in [3.05, 3.63) is 50.8 Å². The SMILES string of the molecule is C=C1CCC(C)CCC1CCc1cc(Br)c(O)c(=C)/c1=C\C=C/C. The van der Waals surface area contributed by atoms with Gasteiger partial charge >= 0.3 is 0 Å². The number of halogens is 1. The van der Waals surface area contributed by atoms with Gasteiger partial charge in [-0.15, -0.1) is 0 Å². The van der Waals surface area contributed by atoms with E-state index in [0.29, 0.717) is 11.1 Å². The van der Waals surface area contributed by atoms with E-state index in [9.17, 15) is 5.11 Å². The third-order valence-electron chi connectivity index (χ3n) is 5.25. The van der Waals surface area contributed by atoms with Gasteiger partial charge < -0.3 is 5.11 Å². The van der Waals surface area contributed by atoms with Gasteiger partial charge in [0, 0.05) is 5.22 Å². The van der Waals surface area contributed by atoms with E-state index in [1.54, 1.807) is 0 Å². The molecule has 0 heterocycles. The molecule has 1 saturated carbocycles. The van der Waals surface area contributed by atoms with E-state index >= 15 is 0 Å². The van der Waals surface area contributed by atoms with Crippen LogP contribution in [0.4, 0.5) is 0 Å². The Labute approximate surface area is 154 Å². The van der Waals surface area contributed by atoms with Crippen molar-refractivity contribution in [2.45, 2.75) is 52.4 Å². The van der Waals surface area contributed by atoms with Gasteiger partial charge in [-0.05, 0) is 83.6 Å². The van der Waals surface area contributed by atoms with Crippen LogP contribution >= 0.6 is 15.9 Å². The predicted octanol–water partition coefficient (Wildman–Crippen LogP) is 5.24. The number of benzene rings is 1. The van der Waals surface area contributed by atoms with Gasteiger partial charge in [0.1, 0.15) is 5.75 Å². The lowest BCUT2D eigenvalue weighted by Crippen LogP contribution is -2.28. The summed E-state index contributed by atoms with van der Waals surface area (Å²) in [7, 11) is 0. The van der Waals surface area contributed by atoms with Gasteiger partial charge in [0.05, 0.1) is 4.47 Å². The summed E-state index contributed by atoms with van der Waals surface area (Å²) in [6.07, 6.45) is 13.2. The van der Waals surface area contributed by atoms with Crippen LogP contribution in [-0.2, 0) is 6.42 Å². The van der Waals surface area contributed by atoms with Gasteiger partial charge in [0.15, 0.2) is 0 Å². The van der Waals surface area contributed by atoms with Gasteiger partial charge in [-0.25, -0.2) is 0 Å². The minimum absolute atomic E-state index is 0.238. The molecule has 2 rings (SSSR count). The second kappa shape index (κ2) is 8.71. The molecule has 0 saturated heterocycles. The molecule has 1 N–H and O–H groups in total. The Bertz CT molecular complexity index is 729. The maximum Gasteiger partial charge on any atom is 0.136 e. The maximum absolute atomic E-state index is 10.2. The van der Waals surface area contributed by atoms with Crippen LogP contribution in [0.3, 0.4) is 0 Å². The summed E-state index contributed by atoms with van der Waals surface area (Å²) in [4.78, 5) is 0. The van der Waals surface area contributed by atoms with Gasteiger partial charge in [-0.2, -0.15) is 0 Å². The van der Waals surface area contributed by atoms with Crippen molar-refractivity contribution in [3.8, 4) is 5.75 Å². The number of aryl methyl sites for hydroxylation is 1. The monoisotopic (exact) mass is 388 g/mol. The predicted molar refractivity (Wildman–Crippen MR) is 108 cm³/mol. The molecule has 1 aromatic rings. The lowest BCUT2D eigenvalue weighted by Gasteiger charge is -2.17. The number of phenolic OH excluding ortho intramolecular Hbond substituents is 1. The maximum atomic E-state index is 10.2. The second-order valence-electron chi connectivity index (χ2n) is 7.07. The molecular formula is C22H29BrO. The zero-order valence-corrected chi connectivity index (χ0v) is 16.5. The summed E-state index contributed by atoms with van der Waals surface area (Å²) in [5, 5.41) is 11.9. The number of rotatable bonds is 4. The molecule has 0 bridgehead atoms. The summed E-state index contributed by atoms with van der Waals surface area (Å²) < 4.78 is 0.730. The molecule has 130 valence electrons. The zero-order valence-electron chi connectivity index (χ0n) is 14.9. The van der Waals surface area contributed by atoms with E-state index in [2.05, 4.69) is 36.0 Å². The lowest BCUT2D eigenvalue weighted by atomic mass is 9.88. The lowest BCUT2D eigenvalue weighted by molar-refractivity contribution is 0.456. The fourth-order valence-electron chi connectivity index (χ4n) is 3.52. The molecule has 0 aliphatic heterocycles. The van der Waals surface area contributed by atoms with Crippen molar-refractivity contribution in [2.75, 3.05) is 0 Å². The van der Waals surface area contributed by atoms with Crippen LogP contribution in [0.5, 0.6) is 5.75 Å². The number of aromatic hydroxyl groups is 1. The van der Waals surface area contributed by atoms with E-state index < -0.39 is 0 Å². The van der Waals surface area contributed by atoms with Crippen molar-refractivity contribution in [3.63, 3.8) is 0 Å². The highest BCUT2D eigenvalue weighted by Crippen LogP contribution is 2.33. The van der Waals surface area contributed by atoms with Gasteiger partial charge in [0.25, 0.3) is 0 Å². The van der Waals surface area contributed by atoms with Crippen molar-refractivity contribution < 1.29 is 5.11 Å². The van der Waals surface area contributed by atoms with Crippen LogP contribution < -0.4 is 10.4 Å². The van der Waals surface area contributed by atoms with Gasteiger partial charge in [-0.3, -0.25) is 0 Å². The second-order valence-corrected chi connectivity index (χ2v) is 7.92. The molecular weight excluding hydrogens is 360 g/mol. The van der Waals surface area contributed by atoms with E-state index in [-0.39, 0.29) is 5.75 Å². The molecule has 0 radical (unpaired) electrons. The molecule has 2 atom stereocenters. The van der Waals surface area contributed by atoms with Crippen molar-refractivity contribution in [1.82, 2.24) is 0 Å². The van der Waals surface area contributed by atoms with Crippen LogP contribution in [0.1, 0.15) is 51.5 Å². The molecule has 2 unspecified atom stereocenters. The first kappa shape index (κ1) is 19.1. The largest absolute Gasteiger partial charge is 0.506 e. The van der Waals surface area contributed by atoms with E-state index in [1.807, 2.05) is 31.2 Å². The number of phenols is 1. The van der Waals surface area contributed by atoms with E-state index in [0.717, 1.165) is 28.5 Å². The molecule has 1 fully saturated rings. The Hall–Kier alpha value is -1.28. The molecule has 0 aromatic heterocycles. The quantitative estimate of drug-likeness (QED) is 0.552. The first-order valence-corrected chi connectivity index (χ1v) is 9.73. The standard InChI is InChI=1S/C22H29BrO/c1-5-6-7-20-17(4)22(24)21(23)14-19(20)13-12-18-11-9-15(2)8-10-16(18)3/h5-7,14-15,18,24H,3-4,8-13H2,1-2H3/b6-5-,20-7+. The Morgan fingerprint density at radius 2 is 2.04 bits per heavy atom. The van der Waals surface area contributed by atoms with Gasteiger partial charge in [-0.1, -0.05) is 50.3 Å². The smallest absolute Gasteiger partial charge is 0.136 e. The summed E-state index contributed by atoms with van der Waals surface area (Å²) in [6.45, 7) is 12.8. The van der Waals surface area contributed by atoms with E-state index in [1.165, 1.54) is 36.8 Å². The number of hydrogen-bond donors (Lipinski definition) is 1. The molecule has 1 aliphatic rings. The molecule has 1 aromatic carbocycles. The Morgan fingerprint density at radius 1 is 1.29 bits per heavy atom. The summed E-state index contributed by atoms with van der Waals surface area (Å²) in [5.41, 5.74) is 2.67. The molecule has 2 heteroatoms. The molecule has 1 nitrogen and oxygen atoms in total. The minimum Gasteiger partial charge on any atom is -0.506 e.